The van der Waals surface area contributed by atoms with E-state index in [0.717, 1.165) is 0 Å². The zero-order chi connectivity index (χ0) is 18.4. The highest BCUT2D eigenvalue weighted by molar-refractivity contribution is 7.91. The maximum Gasteiger partial charge on any atom is 0.418 e. The molecular formula is C12H19N3O8S2. The molecule has 25 heavy (non-hydrogen) atoms. The molecule has 3 heterocycles. The number of fused-ring (bicyclic) bond motifs is 2. The summed E-state index contributed by atoms with van der Waals surface area (Å²) in [6.45, 7) is 0.117. The number of amides is 3. The maximum absolute atomic E-state index is 12.5. The van der Waals surface area contributed by atoms with E-state index in [9.17, 15) is 26.4 Å². The van der Waals surface area contributed by atoms with Crippen LogP contribution in [0.25, 0.3) is 0 Å². The summed E-state index contributed by atoms with van der Waals surface area (Å²) >= 11 is 0. The van der Waals surface area contributed by atoms with E-state index >= 15 is 0 Å². The standard InChI is InChI=1S/C12H19N3O8S2/c16-11(13-8-3-5-24(18,19)6-4-8)10-2-1-9-7-14(10)12(17)15(9)23-25(20,21)22/h8-10H,1-7H2,(H,13,16)(H,20,21,22)/t9-,10+/m1/s1. The molecule has 142 valence electrons. The molecule has 2 N–H and O–H groups in total. The Morgan fingerprint density at radius 3 is 2.44 bits per heavy atom. The minimum Gasteiger partial charge on any atom is -0.352 e. The Hall–Kier alpha value is -1.44. The molecule has 0 aliphatic carbocycles. The number of nitrogens with zero attached hydrogens (tertiary/aromatic N) is 2. The van der Waals surface area contributed by atoms with Gasteiger partial charge < -0.3 is 10.2 Å². The minimum absolute atomic E-state index is 0.0172. The van der Waals surface area contributed by atoms with Crippen molar-refractivity contribution in [3.05, 3.63) is 0 Å². The monoisotopic (exact) mass is 397 g/mol. The molecule has 2 atom stereocenters. The molecule has 3 aliphatic heterocycles. The van der Waals surface area contributed by atoms with E-state index in [4.69, 9.17) is 4.55 Å². The van der Waals surface area contributed by atoms with Gasteiger partial charge in [0.1, 0.15) is 15.9 Å². The van der Waals surface area contributed by atoms with Crippen molar-refractivity contribution in [3.63, 3.8) is 0 Å². The van der Waals surface area contributed by atoms with Gasteiger partial charge in [0.05, 0.1) is 17.5 Å². The van der Waals surface area contributed by atoms with Gasteiger partial charge in [0.2, 0.25) is 5.91 Å². The lowest BCUT2D eigenvalue weighted by molar-refractivity contribution is -0.126. The Bertz CT molecular complexity index is 766. The number of urea groups is 1. The van der Waals surface area contributed by atoms with E-state index in [2.05, 4.69) is 9.60 Å². The third kappa shape index (κ3) is 4.04. The van der Waals surface area contributed by atoms with Crippen molar-refractivity contribution in [1.82, 2.24) is 15.3 Å². The number of hydroxylamine groups is 2. The Balaban J connectivity index is 1.63. The van der Waals surface area contributed by atoms with Crippen LogP contribution in [0, 0.1) is 0 Å². The van der Waals surface area contributed by atoms with E-state index in [1.165, 1.54) is 4.90 Å². The minimum atomic E-state index is -4.83. The molecule has 3 amide bonds. The fourth-order valence-electron chi connectivity index (χ4n) is 3.44. The Labute approximate surface area is 145 Å². The van der Waals surface area contributed by atoms with Crippen molar-refractivity contribution in [2.45, 2.75) is 43.8 Å². The maximum atomic E-state index is 12.5. The van der Waals surface area contributed by atoms with Crippen LogP contribution in [0.4, 0.5) is 4.79 Å². The number of hydrogen-bond donors (Lipinski definition) is 2. The molecule has 0 saturated carbocycles. The molecule has 0 aromatic carbocycles. The number of carbonyl (C=O) groups is 2. The molecule has 0 aromatic heterocycles. The van der Waals surface area contributed by atoms with Crippen LogP contribution in [0.2, 0.25) is 0 Å². The van der Waals surface area contributed by atoms with Gasteiger partial charge >= 0.3 is 16.4 Å². The predicted octanol–water partition coefficient (Wildman–Crippen LogP) is -1.32. The fraction of sp³-hybridized carbons (Fsp3) is 0.833. The summed E-state index contributed by atoms with van der Waals surface area (Å²) in [5, 5.41) is 3.35. The lowest BCUT2D eigenvalue weighted by Crippen LogP contribution is -2.53. The van der Waals surface area contributed by atoms with Gasteiger partial charge in [-0.25, -0.2) is 13.2 Å². The van der Waals surface area contributed by atoms with Crippen molar-refractivity contribution in [3.8, 4) is 0 Å². The first-order chi connectivity index (χ1) is 11.6. The number of piperidine rings is 1. The second-order valence-corrected chi connectivity index (χ2v) is 9.75. The first-order valence-electron chi connectivity index (χ1n) is 7.83. The van der Waals surface area contributed by atoms with Crippen LogP contribution in [0.5, 0.6) is 0 Å². The number of sulfone groups is 1. The molecule has 2 bridgehead atoms. The topological polar surface area (TPSA) is 150 Å². The molecule has 3 fully saturated rings. The average Bonchev–Trinajstić information content (AvgIpc) is 2.73. The van der Waals surface area contributed by atoms with Gasteiger partial charge in [0, 0.05) is 12.6 Å². The van der Waals surface area contributed by atoms with Crippen LogP contribution in [-0.2, 0) is 29.3 Å². The van der Waals surface area contributed by atoms with E-state index in [1.54, 1.807) is 0 Å². The molecule has 3 aliphatic rings. The van der Waals surface area contributed by atoms with Gasteiger partial charge in [0.25, 0.3) is 0 Å². The summed E-state index contributed by atoms with van der Waals surface area (Å²) < 4.78 is 57.6. The number of nitrogens with one attached hydrogen (secondary N) is 1. The van der Waals surface area contributed by atoms with E-state index in [-0.39, 0.29) is 24.1 Å². The molecule has 0 unspecified atom stereocenters. The van der Waals surface area contributed by atoms with Crippen LogP contribution < -0.4 is 5.32 Å². The summed E-state index contributed by atoms with van der Waals surface area (Å²) in [5.74, 6) is -0.364. The first kappa shape index (κ1) is 18.4. The molecular weight excluding hydrogens is 378 g/mol. The average molecular weight is 397 g/mol. The lowest BCUT2D eigenvalue weighted by atomic mass is 9.99. The first-order valence-corrected chi connectivity index (χ1v) is 11.0. The van der Waals surface area contributed by atoms with Crippen LogP contribution in [0.1, 0.15) is 25.7 Å². The Morgan fingerprint density at radius 2 is 1.84 bits per heavy atom. The number of carbonyl (C=O) groups excluding carboxylic acids is 2. The Morgan fingerprint density at radius 1 is 1.20 bits per heavy atom. The van der Waals surface area contributed by atoms with Gasteiger partial charge in [0.15, 0.2) is 0 Å². The second-order valence-electron chi connectivity index (χ2n) is 6.44. The van der Waals surface area contributed by atoms with E-state index in [0.29, 0.717) is 30.7 Å². The van der Waals surface area contributed by atoms with Crippen molar-refractivity contribution in [2.24, 2.45) is 0 Å². The van der Waals surface area contributed by atoms with Crippen molar-refractivity contribution >= 4 is 32.2 Å². The molecule has 13 heteroatoms. The largest absolute Gasteiger partial charge is 0.418 e. The zero-order valence-corrected chi connectivity index (χ0v) is 14.8. The summed E-state index contributed by atoms with van der Waals surface area (Å²) in [7, 11) is -7.87. The van der Waals surface area contributed by atoms with Crippen molar-refractivity contribution < 1.29 is 35.3 Å². The molecule has 0 radical (unpaired) electrons. The Kier molecular flexibility index (Phi) is 4.68. The summed E-state index contributed by atoms with van der Waals surface area (Å²) in [5.41, 5.74) is 0. The zero-order valence-electron chi connectivity index (χ0n) is 13.2. The number of hydrogen-bond acceptors (Lipinski definition) is 7. The van der Waals surface area contributed by atoms with E-state index in [1.807, 2.05) is 0 Å². The van der Waals surface area contributed by atoms with Crippen LogP contribution in [0.3, 0.4) is 0 Å². The van der Waals surface area contributed by atoms with Crippen LogP contribution in [-0.4, -0.2) is 79.5 Å². The van der Waals surface area contributed by atoms with Crippen molar-refractivity contribution in [1.29, 1.82) is 0 Å². The molecule has 11 nitrogen and oxygen atoms in total. The normalized spacial score (nSPS) is 29.7. The van der Waals surface area contributed by atoms with Crippen LogP contribution >= 0.6 is 0 Å². The second kappa shape index (κ2) is 6.37. The fourth-order valence-corrected chi connectivity index (χ4v) is 5.32. The van der Waals surface area contributed by atoms with Crippen LogP contribution in [0.15, 0.2) is 0 Å². The summed E-state index contributed by atoms with van der Waals surface area (Å²) in [4.78, 5) is 25.9. The number of rotatable bonds is 4. The van der Waals surface area contributed by atoms with Gasteiger partial charge in [-0.15, -0.1) is 4.28 Å². The smallest absolute Gasteiger partial charge is 0.352 e. The van der Waals surface area contributed by atoms with E-state index < -0.39 is 44.3 Å². The summed E-state index contributed by atoms with van der Waals surface area (Å²) in [6, 6.07) is -2.40. The van der Waals surface area contributed by atoms with Gasteiger partial charge in [-0.3, -0.25) is 9.35 Å². The quantitative estimate of drug-likeness (QED) is 0.555. The molecule has 0 spiro atoms. The highest BCUT2D eigenvalue weighted by Crippen LogP contribution is 2.31. The SMILES string of the molecule is O=C(NC1CCS(=O)(=O)CC1)[C@@H]1CC[C@@H]2CN1C(=O)N2OS(=O)(=O)O. The van der Waals surface area contributed by atoms with Crippen molar-refractivity contribution in [2.75, 3.05) is 18.1 Å². The molecule has 3 rings (SSSR count). The third-order valence-electron chi connectivity index (χ3n) is 4.70. The summed E-state index contributed by atoms with van der Waals surface area (Å²) in [6.07, 6.45) is 1.32. The van der Waals surface area contributed by atoms with Gasteiger partial charge in [-0.2, -0.15) is 13.5 Å². The molecule has 0 aromatic rings. The van der Waals surface area contributed by atoms with Gasteiger partial charge in [-0.05, 0) is 25.7 Å². The highest BCUT2D eigenvalue weighted by atomic mass is 32.3. The van der Waals surface area contributed by atoms with Gasteiger partial charge in [-0.1, -0.05) is 0 Å². The third-order valence-corrected chi connectivity index (χ3v) is 6.77. The molecule has 3 saturated heterocycles. The highest BCUT2D eigenvalue weighted by Gasteiger charge is 2.49. The predicted molar refractivity (Wildman–Crippen MR) is 83.2 cm³/mol. The lowest BCUT2D eigenvalue weighted by Gasteiger charge is -2.31.